The van der Waals surface area contributed by atoms with Gasteiger partial charge in [0, 0.05) is 18.2 Å². The number of unbranched alkanes of at least 4 members (excludes halogenated alkanes) is 1. The van der Waals surface area contributed by atoms with Gasteiger partial charge in [-0.3, -0.25) is 4.79 Å². The van der Waals surface area contributed by atoms with Crippen LogP contribution in [0, 0.1) is 0 Å². The smallest absolute Gasteiger partial charge is 0.251 e. The molecule has 1 aromatic rings. The van der Waals surface area contributed by atoms with Crippen molar-refractivity contribution < 1.29 is 4.79 Å². The van der Waals surface area contributed by atoms with Crippen LogP contribution < -0.4 is 10.6 Å². The highest BCUT2D eigenvalue weighted by molar-refractivity contribution is 5.94. The van der Waals surface area contributed by atoms with E-state index in [1.54, 1.807) is 0 Å². The maximum Gasteiger partial charge on any atom is 0.251 e. The summed E-state index contributed by atoms with van der Waals surface area (Å²) in [5.41, 5.74) is 3.42. The maximum atomic E-state index is 12.2. The molecule has 0 saturated heterocycles. The van der Waals surface area contributed by atoms with E-state index in [4.69, 9.17) is 0 Å². The normalized spacial score (nSPS) is 15.7. The lowest BCUT2D eigenvalue weighted by atomic mass is 9.98. The number of rotatable bonds is 5. The lowest BCUT2D eigenvalue weighted by molar-refractivity contribution is 0.0938. The second-order valence-corrected chi connectivity index (χ2v) is 5.43. The molecule has 1 unspecified atom stereocenters. The minimum absolute atomic E-state index is 0.0528. The molecular weight excluding hydrogens is 236 g/mol. The molecule has 1 aliphatic heterocycles. The van der Waals surface area contributed by atoms with Gasteiger partial charge in [-0.25, -0.2) is 0 Å². The van der Waals surface area contributed by atoms with E-state index in [2.05, 4.69) is 30.5 Å². The molecule has 0 aliphatic carbocycles. The Morgan fingerprint density at radius 3 is 3.05 bits per heavy atom. The standard InChI is InChI=1S/C16H24N2O/c1-3-4-5-12(2)18-16(19)14-7-6-13-8-9-17-11-15(13)10-14/h6-7,10,12,17H,3-5,8-9,11H2,1-2H3,(H,18,19). The number of hydrogen-bond donors (Lipinski definition) is 2. The van der Waals surface area contributed by atoms with Crippen molar-refractivity contribution in [3.63, 3.8) is 0 Å². The van der Waals surface area contributed by atoms with E-state index in [9.17, 15) is 4.79 Å². The number of nitrogens with one attached hydrogen (secondary N) is 2. The number of carbonyl (C=O) groups excluding carboxylic acids is 1. The van der Waals surface area contributed by atoms with Crippen LogP contribution in [0.1, 0.15) is 54.6 Å². The molecule has 1 aliphatic rings. The molecule has 1 amide bonds. The van der Waals surface area contributed by atoms with Crippen LogP contribution in [-0.4, -0.2) is 18.5 Å². The van der Waals surface area contributed by atoms with Gasteiger partial charge in [-0.05, 0) is 49.6 Å². The van der Waals surface area contributed by atoms with E-state index in [-0.39, 0.29) is 11.9 Å². The zero-order chi connectivity index (χ0) is 13.7. The second-order valence-electron chi connectivity index (χ2n) is 5.43. The number of fused-ring (bicyclic) bond motifs is 1. The molecule has 0 bridgehead atoms. The van der Waals surface area contributed by atoms with Crippen LogP contribution in [0.4, 0.5) is 0 Å². The number of benzene rings is 1. The van der Waals surface area contributed by atoms with Gasteiger partial charge < -0.3 is 10.6 Å². The van der Waals surface area contributed by atoms with E-state index in [1.807, 2.05) is 12.1 Å². The van der Waals surface area contributed by atoms with Crippen LogP contribution in [0.2, 0.25) is 0 Å². The van der Waals surface area contributed by atoms with Gasteiger partial charge in [0.1, 0.15) is 0 Å². The Labute approximate surface area is 115 Å². The number of hydrogen-bond acceptors (Lipinski definition) is 2. The summed E-state index contributed by atoms with van der Waals surface area (Å²) < 4.78 is 0. The van der Waals surface area contributed by atoms with Crippen LogP contribution in [0.25, 0.3) is 0 Å². The molecule has 0 saturated carbocycles. The largest absolute Gasteiger partial charge is 0.350 e. The van der Waals surface area contributed by atoms with Crippen LogP contribution in [-0.2, 0) is 13.0 Å². The first-order valence-corrected chi connectivity index (χ1v) is 7.34. The molecule has 1 atom stereocenters. The maximum absolute atomic E-state index is 12.2. The first-order chi connectivity index (χ1) is 9.20. The van der Waals surface area contributed by atoms with Crippen molar-refractivity contribution >= 4 is 5.91 Å². The SMILES string of the molecule is CCCCC(C)NC(=O)c1ccc2c(c1)CNCC2. The molecule has 3 nitrogen and oxygen atoms in total. The minimum Gasteiger partial charge on any atom is -0.350 e. The van der Waals surface area contributed by atoms with Crippen molar-refractivity contribution in [2.75, 3.05) is 6.54 Å². The zero-order valence-corrected chi connectivity index (χ0v) is 12.0. The highest BCUT2D eigenvalue weighted by Gasteiger charge is 2.13. The zero-order valence-electron chi connectivity index (χ0n) is 12.0. The van der Waals surface area contributed by atoms with Crippen LogP contribution in [0.5, 0.6) is 0 Å². The van der Waals surface area contributed by atoms with E-state index >= 15 is 0 Å². The van der Waals surface area contributed by atoms with Crippen molar-refractivity contribution in [2.45, 2.75) is 52.1 Å². The molecule has 0 spiro atoms. The lowest BCUT2D eigenvalue weighted by Gasteiger charge is -2.18. The van der Waals surface area contributed by atoms with Crippen molar-refractivity contribution in [1.29, 1.82) is 0 Å². The van der Waals surface area contributed by atoms with Gasteiger partial charge in [0.05, 0.1) is 0 Å². The Balaban J connectivity index is 1.99. The fourth-order valence-corrected chi connectivity index (χ4v) is 2.51. The van der Waals surface area contributed by atoms with Gasteiger partial charge in [0.25, 0.3) is 5.91 Å². The average molecular weight is 260 g/mol. The van der Waals surface area contributed by atoms with Gasteiger partial charge >= 0.3 is 0 Å². The summed E-state index contributed by atoms with van der Waals surface area (Å²) in [7, 11) is 0. The summed E-state index contributed by atoms with van der Waals surface area (Å²) in [5, 5.41) is 6.42. The molecule has 0 aromatic heterocycles. The summed E-state index contributed by atoms with van der Waals surface area (Å²) in [6.07, 6.45) is 4.44. The number of amides is 1. The van der Waals surface area contributed by atoms with Gasteiger partial charge in [0.2, 0.25) is 0 Å². The lowest BCUT2D eigenvalue weighted by Crippen LogP contribution is -2.33. The summed E-state index contributed by atoms with van der Waals surface area (Å²) in [5.74, 6) is 0.0528. The van der Waals surface area contributed by atoms with Crippen LogP contribution in [0.15, 0.2) is 18.2 Å². The summed E-state index contributed by atoms with van der Waals surface area (Å²) in [6, 6.07) is 6.33. The molecule has 19 heavy (non-hydrogen) atoms. The Morgan fingerprint density at radius 1 is 1.42 bits per heavy atom. The summed E-state index contributed by atoms with van der Waals surface area (Å²) >= 11 is 0. The van der Waals surface area contributed by atoms with E-state index in [1.165, 1.54) is 17.5 Å². The molecule has 2 N–H and O–H groups in total. The van der Waals surface area contributed by atoms with Crippen LogP contribution in [0.3, 0.4) is 0 Å². The van der Waals surface area contributed by atoms with E-state index < -0.39 is 0 Å². The summed E-state index contributed by atoms with van der Waals surface area (Å²) in [4.78, 5) is 12.2. The Kier molecular flexibility index (Phi) is 4.97. The monoisotopic (exact) mass is 260 g/mol. The first kappa shape index (κ1) is 14.1. The molecule has 0 fully saturated rings. The third-order valence-electron chi connectivity index (χ3n) is 3.72. The van der Waals surface area contributed by atoms with Gasteiger partial charge in [0.15, 0.2) is 0 Å². The second kappa shape index (κ2) is 6.71. The van der Waals surface area contributed by atoms with Crippen molar-refractivity contribution in [1.82, 2.24) is 10.6 Å². The molecule has 3 heteroatoms. The average Bonchev–Trinajstić information content (AvgIpc) is 2.44. The molecular formula is C16H24N2O. The Bertz CT molecular complexity index is 442. The Morgan fingerprint density at radius 2 is 2.26 bits per heavy atom. The molecule has 2 rings (SSSR count). The quantitative estimate of drug-likeness (QED) is 0.854. The fourth-order valence-electron chi connectivity index (χ4n) is 2.51. The van der Waals surface area contributed by atoms with Gasteiger partial charge in [-0.15, -0.1) is 0 Å². The van der Waals surface area contributed by atoms with Crippen molar-refractivity contribution in [3.8, 4) is 0 Å². The van der Waals surface area contributed by atoms with Crippen molar-refractivity contribution in [3.05, 3.63) is 34.9 Å². The third-order valence-corrected chi connectivity index (χ3v) is 3.72. The minimum atomic E-state index is 0.0528. The van der Waals surface area contributed by atoms with E-state index in [0.29, 0.717) is 0 Å². The first-order valence-electron chi connectivity index (χ1n) is 7.34. The van der Waals surface area contributed by atoms with Gasteiger partial charge in [-0.1, -0.05) is 25.8 Å². The highest BCUT2D eigenvalue weighted by atomic mass is 16.1. The predicted molar refractivity (Wildman–Crippen MR) is 78.3 cm³/mol. The molecule has 0 radical (unpaired) electrons. The Hall–Kier alpha value is -1.35. The van der Waals surface area contributed by atoms with Crippen LogP contribution >= 0.6 is 0 Å². The molecule has 1 aromatic carbocycles. The van der Waals surface area contributed by atoms with E-state index in [0.717, 1.165) is 37.9 Å². The molecule has 1 heterocycles. The van der Waals surface area contributed by atoms with Gasteiger partial charge in [-0.2, -0.15) is 0 Å². The third kappa shape index (κ3) is 3.80. The summed E-state index contributed by atoms with van der Waals surface area (Å²) in [6.45, 7) is 6.16. The topological polar surface area (TPSA) is 41.1 Å². The fraction of sp³-hybridized carbons (Fsp3) is 0.562. The molecule has 104 valence electrons. The predicted octanol–water partition coefficient (Wildman–Crippen LogP) is 2.64. The highest BCUT2D eigenvalue weighted by Crippen LogP contribution is 2.16. The number of carbonyl (C=O) groups is 1. The van der Waals surface area contributed by atoms with Crippen molar-refractivity contribution in [2.24, 2.45) is 0 Å².